The quantitative estimate of drug-likeness (QED) is 0.854. The molecule has 0 aliphatic heterocycles. The van der Waals surface area contributed by atoms with Gasteiger partial charge in [-0.2, -0.15) is 0 Å². The van der Waals surface area contributed by atoms with Crippen molar-refractivity contribution in [3.05, 3.63) is 45.5 Å². The minimum Gasteiger partial charge on any atom is -0.478 e. The van der Waals surface area contributed by atoms with Crippen molar-refractivity contribution in [3.8, 4) is 0 Å². The van der Waals surface area contributed by atoms with Crippen molar-refractivity contribution in [2.75, 3.05) is 4.72 Å². The van der Waals surface area contributed by atoms with Gasteiger partial charge < -0.3 is 5.11 Å². The molecule has 1 heterocycles. The lowest BCUT2D eigenvalue weighted by atomic mass is 10.2. The maximum atomic E-state index is 13.2. The molecule has 0 amide bonds. The van der Waals surface area contributed by atoms with Gasteiger partial charge in [0.25, 0.3) is 10.0 Å². The van der Waals surface area contributed by atoms with Crippen LogP contribution in [0.5, 0.6) is 0 Å². The standard InChI is InChI=1S/C11H7BrFNO4S2/c12-9-3-4-10(19-9)20(17,18)14-6-1-2-8(13)7(5-6)11(15)16/h1-5,14H,(H,15,16). The van der Waals surface area contributed by atoms with Gasteiger partial charge in [-0.1, -0.05) is 0 Å². The molecule has 0 aliphatic carbocycles. The SMILES string of the molecule is O=C(O)c1cc(NS(=O)(=O)c2ccc(Br)s2)ccc1F. The molecular formula is C11H7BrFNO4S2. The van der Waals surface area contributed by atoms with Crippen molar-refractivity contribution in [1.82, 2.24) is 0 Å². The van der Waals surface area contributed by atoms with Gasteiger partial charge in [-0.3, -0.25) is 4.72 Å². The number of rotatable bonds is 4. The predicted octanol–water partition coefficient (Wildman–Crippen LogP) is 3.15. The normalized spacial score (nSPS) is 11.3. The van der Waals surface area contributed by atoms with E-state index in [0.29, 0.717) is 3.79 Å². The lowest BCUT2D eigenvalue weighted by Crippen LogP contribution is -2.12. The molecule has 0 aliphatic rings. The molecule has 1 aromatic carbocycles. The van der Waals surface area contributed by atoms with Crippen LogP contribution in [0.3, 0.4) is 0 Å². The summed E-state index contributed by atoms with van der Waals surface area (Å²) in [5.41, 5.74) is -0.620. The molecule has 2 rings (SSSR count). The van der Waals surface area contributed by atoms with Crippen molar-refractivity contribution < 1.29 is 22.7 Å². The Hall–Kier alpha value is -1.45. The van der Waals surface area contributed by atoms with Crippen molar-refractivity contribution in [1.29, 1.82) is 0 Å². The molecule has 0 saturated carbocycles. The van der Waals surface area contributed by atoms with Gasteiger partial charge >= 0.3 is 5.97 Å². The van der Waals surface area contributed by atoms with Gasteiger partial charge in [-0.05, 0) is 46.3 Å². The summed E-state index contributed by atoms with van der Waals surface area (Å²) in [5, 5.41) is 8.79. The van der Waals surface area contributed by atoms with E-state index in [9.17, 15) is 17.6 Å². The van der Waals surface area contributed by atoms with Gasteiger partial charge in [0, 0.05) is 5.69 Å². The molecule has 0 bridgehead atoms. The Morgan fingerprint density at radius 2 is 2.00 bits per heavy atom. The Bertz CT molecular complexity index is 772. The molecule has 5 nitrogen and oxygen atoms in total. The molecule has 9 heteroatoms. The molecule has 0 spiro atoms. The summed E-state index contributed by atoms with van der Waals surface area (Å²) >= 11 is 4.15. The molecule has 0 radical (unpaired) electrons. The summed E-state index contributed by atoms with van der Waals surface area (Å²) in [4.78, 5) is 10.8. The van der Waals surface area contributed by atoms with Crippen molar-refractivity contribution in [3.63, 3.8) is 0 Å². The third-order valence-corrected chi connectivity index (χ3v) is 5.76. The van der Waals surface area contributed by atoms with E-state index in [4.69, 9.17) is 5.11 Å². The van der Waals surface area contributed by atoms with E-state index in [1.807, 2.05) is 0 Å². The van der Waals surface area contributed by atoms with Crippen LogP contribution in [-0.2, 0) is 10.0 Å². The van der Waals surface area contributed by atoms with Crippen LogP contribution in [0, 0.1) is 5.82 Å². The smallest absolute Gasteiger partial charge is 0.338 e. The third kappa shape index (κ3) is 3.17. The van der Waals surface area contributed by atoms with Gasteiger partial charge in [0.05, 0.1) is 9.35 Å². The number of anilines is 1. The topological polar surface area (TPSA) is 83.5 Å². The first kappa shape index (κ1) is 14.9. The van der Waals surface area contributed by atoms with Crippen molar-refractivity contribution in [2.24, 2.45) is 0 Å². The minimum atomic E-state index is -3.82. The molecular weight excluding hydrogens is 373 g/mol. The first-order chi connectivity index (χ1) is 9.29. The molecule has 0 unspecified atom stereocenters. The number of sulfonamides is 1. The fourth-order valence-corrected chi connectivity index (χ4v) is 4.46. The predicted molar refractivity (Wildman–Crippen MR) is 76.2 cm³/mol. The van der Waals surface area contributed by atoms with Crippen LogP contribution in [-0.4, -0.2) is 19.5 Å². The van der Waals surface area contributed by atoms with Crippen molar-refractivity contribution >= 4 is 48.9 Å². The van der Waals surface area contributed by atoms with Crippen LogP contribution >= 0.6 is 27.3 Å². The van der Waals surface area contributed by atoms with E-state index < -0.39 is 27.4 Å². The maximum absolute atomic E-state index is 13.2. The van der Waals surface area contributed by atoms with Gasteiger partial charge in [0.1, 0.15) is 10.0 Å². The molecule has 2 aromatic rings. The fourth-order valence-electron chi connectivity index (χ4n) is 1.40. The summed E-state index contributed by atoms with van der Waals surface area (Å²) in [6.45, 7) is 0. The highest BCUT2D eigenvalue weighted by molar-refractivity contribution is 9.11. The molecule has 1 aromatic heterocycles. The lowest BCUT2D eigenvalue weighted by molar-refractivity contribution is 0.0692. The second-order valence-electron chi connectivity index (χ2n) is 3.66. The van der Waals surface area contributed by atoms with Gasteiger partial charge in [-0.15, -0.1) is 11.3 Å². The Morgan fingerprint density at radius 1 is 1.30 bits per heavy atom. The van der Waals surface area contributed by atoms with Gasteiger partial charge in [0.2, 0.25) is 0 Å². The summed E-state index contributed by atoms with van der Waals surface area (Å²) in [6.07, 6.45) is 0. The number of nitrogens with one attached hydrogen (secondary N) is 1. The van der Waals surface area contributed by atoms with E-state index >= 15 is 0 Å². The van der Waals surface area contributed by atoms with Crippen LogP contribution < -0.4 is 4.72 Å². The van der Waals surface area contributed by atoms with Crippen LogP contribution in [0.4, 0.5) is 10.1 Å². The Morgan fingerprint density at radius 3 is 2.55 bits per heavy atom. The zero-order valence-corrected chi connectivity index (χ0v) is 12.9. The van der Waals surface area contributed by atoms with E-state index in [-0.39, 0.29) is 9.90 Å². The number of hydrogen-bond donors (Lipinski definition) is 2. The zero-order chi connectivity index (χ0) is 14.9. The highest BCUT2D eigenvalue weighted by atomic mass is 79.9. The van der Waals surface area contributed by atoms with Crippen LogP contribution in [0.25, 0.3) is 0 Å². The molecule has 0 saturated heterocycles. The first-order valence-corrected chi connectivity index (χ1v) is 8.20. The number of benzene rings is 1. The van der Waals surface area contributed by atoms with E-state index in [1.54, 1.807) is 6.07 Å². The molecule has 0 fully saturated rings. The summed E-state index contributed by atoms with van der Waals surface area (Å²) in [7, 11) is -3.82. The second kappa shape index (κ2) is 5.51. The molecule has 106 valence electrons. The highest BCUT2D eigenvalue weighted by Crippen LogP contribution is 2.28. The van der Waals surface area contributed by atoms with E-state index in [0.717, 1.165) is 29.5 Å². The largest absolute Gasteiger partial charge is 0.478 e. The number of carbonyl (C=O) groups is 1. The number of carboxylic acid groups (broad SMARTS) is 1. The third-order valence-electron chi connectivity index (χ3n) is 2.26. The van der Waals surface area contributed by atoms with Crippen LogP contribution in [0.1, 0.15) is 10.4 Å². The van der Waals surface area contributed by atoms with Crippen LogP contribution in [0.15, 0.2) is 38.3 Å². The zero-order valence-electron chi connectivity index (χ0n) is 9.63. The molecule has 20 heavy (non-hydrogen) atoms. The molecule has 2 N–H and O–H groups in total. The minimum absolute atomic E-state index is 0.0201. The van der Waals surface area contributed by atoms with Crippen LogP contribution in [0.2, 0.25) is 0 Å². The number of aromatic carboxylic acids is 1. The Labute approximate surface area is 126 Å². The van der Waals surface area contributed by atoms with Gasteiger partial charge in [-0.25, -0.2) is 17.6 Å². The van der Waals surface area contributed by atoms with E-state index in [1.165, 1.54) is 6.07 Å². The number of halogens is 2. The lowest BCUT2D eigenvalue weighted by Gasteiger charge is -2.07. The Kier molecular flexibility index (Phi) is 4.11. The summed E-state index contributed by atoms with van der Waals surface area (Å²) in [5.74, 6) is -2.40. The van der Waals surface area contributed by atoms with Gasteiger partial charge in [0.15, 0.2) is 0 Å². The monoisotopic (exact) mass is 379 g/mol. The average molecular weight is 380 g/mol. The Balaban J connectivity index is 2.35. The first-order valence-electron chi connectivity index (χ1n) is 5.10. The highest BCUT2D eigenvalue weighted by Gasteiger charge is 2.18. The summed E-state index contributed by atoms with van der Waals surface area (Å²) in [6, 6.07) is 5.96. The maximum Gasteiger partial charge on any atom is 0.338 e. The molecule has 0 atom stereocenters. The van der Waals surface area contributed by atoms with E-state index in [2.05, 4.69) is 20.7 Å². The number of thiophene rings is 1. The fraction of sp³-hybridized carbons (Fsp3) is 0. The summed E-state index contributed by atoms with van der Waals surface area (Å²) < 4.78 is 40.2. The van der Waals surface area contributed by atoms with Crippen molar-refractivity contribution in [2.45, 2.75) is 4.21 Å². The average Bonchev–Trinajstić information content (AvgIpc) is 2.78. The number of hydrogen-bond acceptors (Lipinski definition) is 4. The second-order valence-corrected chi connectivity index (χ2v) is 8.04. The number of carboxylic acids is 1.